The van der Waals surface area contributed by atoms with Crippen LogP contribution in [0, 0.1) is 0 Å². The maximum Gasteiger partial charge on any atom is 1.00 e. The van der Waals surface area contributed by atoms with E-state index in [0.717, 1.165) is 0 Å². The van der Waals surface area contributed by atoms with Gasteiger partial charge >= 0.3 is 2.85 Å². The summed E-state index contributed by atoms with van der Waals surface area (Å²) in [4.78, 5) is 0. The average molecular weight is 197 g/mol. The summed E-state index contributed by atoms with van der Waals surface area (Å²) in [5, 5.41) is 0. The standard InChI is InChI=1S/CH4.3Co.H2/h1H4;;;;1H/p+2. The van der Waals surface area contributed by atoms with Crippen LogP contribution in [0.4, 0.5) is 0 Å². The Kier molecular flexibility index (Phi) is 296. The molecule has 0 N–H and O–H groups in total. The van der Waals surface area contributed by atoms with Gasteiger partial charge in [-0.3, -0.25) is 0 Å². The molecule has 0 rings (SSSR count). The third-order valence-electron chi connectivity index (χ3n) is 0. The molecule has 0 saturated heterocycles. The summed E-state index contributed by atoms with van der Waals surface area (Å²) in [5.74, 6) is 0. The predicted molar refractivity (Wildman–Crippen MR) is 11.1 cm³/mol. The molecule has 0 aromatic heterocycles. The minimum absolute atomic E-state index is 0. The Morgan fingerprint density at radius 3 is 1.00 bits per heavy atom. The second-order valence-electron chi connectivity index (χ2n) is 0. The Bertz CT molecular complexity index is 10.1. The van der Waals surface area contributed by atoms with Gasteiger partial charge in [0.05, 0.1) is 0 Å². The smallest absolute Gasteiger partial charge is 0.0776 e. The molecule has 0 aromatic rings. The van der Waals surface area contributed by atoms with Gasteiger partial charge in [0.25, 0.3) is 0 Å². The summed E-state index contributed by atoms with van der Waals surface area (Å²) in [6.45, 7) is 0. The van der Waals surface area contributed by atoms with Crippen LogP contribution in [0.5, 0.6) is 0 Å². The molecule has 4 heavy (non-hydrogen) atoms. The van der Waals surface area contributed by atoms with Crippen molar-refractivity contribution in [1.82, 2.24) is 0 Å². The molecule has 0 saturated carbocycles. The van der Waals surface area contributed by atoms with Crippen molar-refractivity contribution in [2.45, 2.75) is 7.43 Å². The molecule has 0 atom stereocenters. The largest absolute Gasteiger partial charge is 1.00 e. The Labute approximate surface area is 62.2 Å². The summed E-state index contributed by atoms with van der Waals surface area (Å²) >= 11 is 0. The molecule has 0 spiro atoms. The molecular weight excluding hydrogens is 189 g/mol. The van der Waals surface area contributed by atoms with Crippen LogP contribution in [0.1, 0.15) is 11.7 Å². The molecule has 0 fully saturated rings. The van der Waals surface area contributed by atoms with E-state index in [9.17, 15) is 0 Å². The monoisotopic (exact) mass is 197 g/mol. The SMILES string of the molecule is C.[Co].[Co].[Co].[H+].[H+].[HH]. The summed E-state index contributed by atoms with van der Waals surface area (Å²) < 4.78 is 0. The van der Waals surface area contributed by atoms with Crippen LogP contribution in [0.2, 0.25) is 0 Å². The zero-order valence-corrected chi connectivity index (χ0v) is 4.12. The second-order valence-corrected chi connectivity index (χ2v) is 0. The van der Waals surface area contributed by atoms with Gasteiger partial charge in [0, 0.05) is 51.8 Å². The van der Waals surface area contributed by atoms with E-state index in [4.69, 9.17) is 0 Å². The molecule has 0 bridgehead atoms. The molecule has 0 aromatic carbocycles. The minimum atomic E-state index is 0. The first-order valence-electron chi connectivity index (χ1n) is 0. The maximum absolute atomic E-state index is 0. The Morgan fingerprint density at radius 1 is 1.00 bits per heavy atom. The predicted octanol–water partition coefficient (Wildman–Crippen LogP) is 1.10. The Balaban J connectivity index is 0. The molecule has 0 aliphatic rings. The maximum atomic E-state index is 0. The number of hydrogen-bond donors (Lipinski definition) is 0. The van der Waals surface area contributed by atoms with Gasteiger partial charge in [-0.2, -0.15) is 0 Å². The minimum Gasteiger partial charge on any atom is -0.0776 e. The topological polar surface area (TPSA) is 0 Å². The van der Waals surface area contributed by atoms with E-state index in [1.165, 1.54) is 0 Å². The first-order chi connectivity index (χ1) is 0. The van der Waals surface area contributed by atoms with Crippen LogP contribution in [0.3, 0.4) is 0 Å². The van der Waals surface area contributed by atoms with Crippen LogP contribution in [-0.4, -0.2) is 0 Å². The molecule has 0 aliphatic heterocycles. The molecular formula is CH8Co3+2. The van der Waals surface area contributed by atoms with Gasteiger partial charge in [-0.15, -0.1) is 0 Å². The van der Waals surface area contributed by atoms with Crippen molar-refractivity contribution in [3.05, 3.63) is 0 Å². The zero-order valence-electron chi connectivity index (χ0n) is 3.00. The number of rotatable bonds is 0. The van der Waals surface area contributed by atoms with Crippen LogP contribution >= 0.6 is 0 Å². The van der Waals surface area contributed by atoms with Crippen molar-refractivity contribution < 1.29 is 54.6 Å². The van der Waals surface area contributed by atoms with Crippen molar-refractivity contribution in [2.24, 2.45) is 0 Å². The second kappa shape index (κ2) is 24.2. The van der Waals surface area contributed by atoms with E-state index < -0.39 is 0 Å². The Morgan fingerprint density at radius 2 is 1.00 bits per heavy atom. The van der Waals surface area contributed by atoms with Crippen molar-refractivity contribution >= 4 is 0 Å². The van der Waals surface area contributed by atoms with E-state index in [1.807, 2.05) is 0 Å². The van der Waals surface area contributed by atoms with Gasteiger partial charge in [0.2, 0.25) is 0 Å². The molecule has 37 valence electrons. The first-order valence-corrected chi connectivity index (χ1v) is 0. The number of hydrogen-bond acceptors (Lipinski definition) is 0. The van der Waals surface area contributed by atoms with Gasteiger partial charge in [-0.05, 0) is 0 Å². The summed E-state index contributed by atoms with van der Waals surface area (Å²) in [5.41, 5.74) is 0. The molecule has 3 radical (unpaired) electrons. The van der Waals surface area contributed by atoms with Gasteiger partial charge in [0.1, 0.15) is 0 Å². The van der Waals surface area contributed by atoms with Crippen molar-refractivity contribution in [3.63, 3.8) is 0 Å². The van der Waals surface area contributed by atoms with Gasteiger partial charge in [-0.1, -0.05) is 7.43 Å². The van der Waals surface area contributed by atoms with E-state index in [-0.39, 0.29) is 62.0 Å². The molecule has 0 unspecified atom stereocenters. The van der Waals surface area contributed by atoms with Gasteiger partial charge in [-0.25, -0.2) is 0 Å². The van der Waals surface area contributed by atoms with Crippen LogP contribution in [0.25, 0.3) is 0 Å². The van der Waals surface area contributed by atoms with Gasteiger partial charge < -0.3 is 0 Å². The normalized spacial score (nSPS) is 0. The van der Waals surface area contributed by atoms with Crippen molar-refractivity contribution in [3.8, 4) is 0 Å². The van der Waals surface area contributed by atoms with Gasteiger partial charge in [0.15, 0.2) is 0 Å². The summed E-state index contributed by atoms with van der Waals surface area (Å²) in [7, 11) is 0. The molecule has 0 aliphatic carbocycles. The fourth-order valence-corrected chi connectivity index (χ4v) is 0. The molecule has 0 nitrogen and oxygen atoms in total. The molecule has 3 heteroatoms. The fraction of sp³-hybridized carbons (Fsp3) is 1.00. The van der Waals surface area contributed by atoms with Crippen molar-refractivity contribution in [2.75, 3.05) is 0 Å². The van der Waals surface area contributed by atoms with E-state index in [2.05, 4.69) is 0 Å². The Hall–Kier alpha value is 1.52. The third kappa shape index (κ3) is 9.68. The molecule has 0 heterocycles. The summed E-state index contributed by atoms with van der Waals surface area (Å²) in [6, 6.07) is 0. The zero-order chi connectivity index (χ0) is 0. The third-order valence-corrected chi connectivity index (χ3v) is 0. The van der Waals surface area contributed by atoms with Crippen molar-refractivity contribution in [1.29, 1.82) is 0 Å². The fourth-order valence-electron chi connectivity index (χ4n) is 0. The molecule has 0 amide bonds. The van der Waals surface area contributed by atoms with E-state index >= 15 is 0 Å². The first kappa shape index (κ1) is 48.8. The van der Waals surface area contributed by atoms with Crippen LogP contribution < -0.4 is 0 Å². The van der Waals surface area contributed by atoms with E-state index in [1.54, 1.807) is 0 Å². The van der Waals surface area contributed by atoms with Crippen LogP contribution in [-0.2, 0) is 50.3 Å². The quantitative estimate of drug-likeness (QED) is 0.545. The van der Waals surface area contributed by atoms with Crippen LogP contribution in [0.15, 0.2) is 0 Å². The average Bonchev–Trinajstić information content (AvgIpc) is 0. The van der Waals surface area contributed by atoms with E-state index in [0.29, 0.717) is 0 Å². The summed E-state index contributed by atoms with van der Waals surface area (Å²) in [6.07, 6.45) is 0.